The van der Waals surface area contributed by atoms with Gasteiger partial charge in [0.25, 0.3) is 0 Å². The van der Waals surface area contributed by atoms with Crippen LogP contribution in [0.3, 0.4) is 0 Å². The van der Waals surface area contributed by atoms with Crippen molar-refractivity contribution in [3.05, 3.63) is 0 Å². The fourth-order valence-electron chi connectivity index (χ4n) is 2.50. The zero-order valence-electron chi connectivity index (χ0n) is 9.65. The molecule has 1 saturated heterocycles. The molecule has 2 rings (SSSR count). The smallest absolute Gasteiger partial charge is 0.223 e. The molecule has 2 N–H and O–H groups in total. The van der Waals surface area contributed by atoms with Crippen molar-refractivity contribution in [2.75, 3.05) is 13.2 Å². The monoisotopic (exact) mass is 227 g/mol. The molecule has 0 bridgehead atoms. The Morgan fingerprint density at radius 3 is 2.31 bits per heavy atom. The lowest BCUT2D eigenvalue weighted by molar-refractivity contribution is -0.128. The van der Waals surface area contributed by atoms with Gasteiger partial charge < -0.3 is 15.2 Å². The number of hydrogen-bond donors (Lipinski definition) is 2. The molecule has 1 aliphatic carbocycles. The lowest BCUT2D eigenvalue weighted by Crippen LogP contribution is -2.42. The van der Waals surface area contributed by atoms with E-state index in [4.69, 9.17) is 4.74 Å². The van der Waals surface area contributed by atoms with Crippen molar-refractivity contribution in [2.45, 2.75) is 50.7 Å². The number of nitrogens with one attached hydrogen (secondary N) is 1. The third-order valence-corrected chi connectivity index (χ3v) is 3.64. The van der Waals surface area contributed by atoms with Gasteiger partial charge in [-0.3, -0.25) is 4.79 Å². The summed E-state index contributed by atoms with van der Waals surface area (Å²) in [6.45, 7) is 1.42. The standard InChI is InChI=1S/C12H21NO3/c14-11-3-1-10(2-4-11)13-12(15)9-5-7-16-8-6-9/h9-11,14H,1-8H2,(H,13,15). The number of carbonyl (C=O) groups excluding carboxylic acids is 1. The lowest BCUT2D eigenvalue weighted by Gasteiger charge is -2.29. The second-order valence-corrected chi connectivity index (χ2v) is 4.90. The van der Waals surface area contributed by atoms with E-state index in [2.05, 4.69) is 5.32 Å². The molecule has 0 unspecified atom stereocenters. The Bertz CT molecular complexity index is 230. The van der Waals surface area contributed by atoms with E-state index in [0.29, 0.717) is 13.2 Å². The number of aliphatic hydroxyl groups is 1. The molecule has 2 aliphatic rings. The first-order chi connectivity index (χ1) is 7.75. The van der Waals surface area contributed by atoms with Crippen molar-refractivity contribution in [3.8, 4) is 0 Å². The summed E-state index contributed by atoms with van der Waals surface area (Å²) in [4.78, 5) is 11.9. The highest BCUT2D eigenvalue weighted by molar-refractivity contribution is 5.79. The van der Waals surface area contributed by atoms with Crippen LogP contribution in [0.1, 0.15) is 38.5 Å². The number of carbonyl (C=O) groups is 1. The molecule has 1 heterocycles. The minimum Gasteiger partial charge on any atom is -0.393 e. The maximum Gasteiger partial charge on any atom is 0.223 e. The van der Waals surface area contributed by atoms with E-state index < -0.39 is 0 Å². The van der Waals surface area contributed by atoms with Crippen molar-refractivity contribution in [3.63, 3.8) is 0 Å². The Balaban J connectivity index is 1.73. The minimum absolute atomic E-state index is 0.139. The van der Waals surface area contributed by atoms with E-state index in [1.54, 1.807) is 0 Å². The maximum atomic E-state index is 11.9. The summed E-state index contributed by atoms with van der Waals surface area (Å²) in [5, 5.41) is 12.5. The van der Waals surface area contributed by atoms with Gasteiger partial charge in [0.05, 0.1) is 6.10 Å². The van der Waals surface area contributed by atoms with Gasteiger partial charge in [-0.1, -0.05) is 0 Å². The fraction of sp³-hybridized carbons (Fsp3) is 0.917. The van der Waals surface area contributed by atoms with E-state index >= 15 is 0 Å². The topological polar surface area (TPSA) is 58.6 Å². The van der Waals surface area contributed by atoms with E-state index in [1.165, 1.54) is 0 Å². The van der Waals surface area contributed by atoms with E-state index in [9.17, 15) is 9.90 Å². The molecule has 1 saturated carbocycles. The highest BCUT2D eigenvalue weighted by Gasteiger charge is 2.25. The third-order valence-electron chi connectivity index (χ3n) is 3.64. The number of aliphatic hydroxyl groups excluding tert-OH is 1. The molecule has 0 atom stereocenters. The second-order valence-electron chi connectivity index (χ2n) is 4.90. The summed E-state index contributed by atoms with van der Waals surface area (Å²) in [6.07, 6.45) is 5.00. The minimum atomic E-state index is -0.156. The predicted molar refractivity (Wildman–Crippen MR) is 59.9 cm³/mol. The van der Waals surface area contributed by atoms with Crippen molar-refractivity contribution in [2.24, 2.45) is 5.92 Å². The van der Waals surface area contributed by atoms with E-state index in [1.807, 2.05) is 0 Å². The zero-order valence-corrected chi connectivity index (χ0v) is 9.65. The van der Waals surface area contributed by atoms with Crippen molar-refractivity contribution in [1.82, 2.24) is 5.32 Å². The summed E-state index contributed by atoms with van der Waals surface area (Å²) < 4.78 is 5.24. The third kappa shape index (κ3) is 3.19. The molecular formula is C12H21NO3. The quantitative estimate of drug-likeness (QED) is 0.734. The Morgan fingerprint density at radius 1 is 1.06 bits per heavy atom. The highest BCUT2D eigenvalue weighted by Crippen LogP contribution is 2.20. The van der Waals surface area contributed by atoms with Crippen LogP contribution in [0.15, 0.2) is 0 Å². The van der Waals surface area contributed by atoms with Crippen LogP contribution in [0, 0.1) is 5.92 Å². The van der Waals surface area contributed by atoms with Gasteiger partial charge in [-0.05, 0) is 38.5 Å². The van der Waals surface area contributed by atoms with Gasteiger partial charge in [0.2, 0.25) is 5.91 Å². The van der Waals surface area contributed by atoms with Crippen LogP contribution >= 0.6 is 0 Å². The molecule has 92 valence electrons. The molecule has 4 heteroatoms. The van der Waals surface area contributed by atoms with Gasteiger partial charge >= 0.3 is 0 Å². The van der Waals surface area contributed by atoms with Crippen molar-refractivity contribution >= 4 is 5.91 Å². The molecule has 2 fully saturated rings. The van der Waals surface area contributed by atoms with Crippen LogP contribution in [-0.4, -0.2) is 36.4 Å². The normalized spacial score (nSPS) is 32.3. The first-order valence-electron chi connectivity index (χ1n) is 6.32. The summed E-state index contributed by atoms with van der Waals surface area (Å²) in [6, 6.07) is 0.277. The number of rotatable bonds is 2. The molecular weight excluding hydrogens is 206 g/mol. The Kier molecular flexibility index (Phi) is 4.18. The van der Waals surface area contributed by atoms with Gasteiger partial charge in [0.15, 0.2) is 0 Å². The molecule has 16 heavy (non-hydrogen) atoms. The SMILES string of the molecule is O=C(NC1CCC(O)CC1)C1CCOCC1. The molecule has 0 radical (unpaired) electrons. The van der Waals surface area contributed by atoms with Gasteiger partial charge in [0, 0.05) is 25.2 Å². The second kappa shape index (κ2) is 5.64. The number of ether oxygens (including phenoxy) is 1. The van der Waals surface area contributed by atoms with E-state index in [-0.39, 0.29) is 24.0 Å². The Labute approximate surface area is 96.4 Å². The summed E-state index contributed by atoms with van der Waals surface area (Å²) >= 11 is 0. The molecule has 0 spiro atoms. The van der Waals surface area contributed by atoms with Crippen LogP contribution in [0.5, 0.6) is 0 Å². The predicted octanol–water partition coefficient (Wildman–Crippen LogP) is 0.833. The van der Waals surface area contributed by atoms with Gasteiger partial charge in [0.1, 0.15) is 0 Å². The first-order valence-corrected chi connectivity index (χ1v) is 6.32. The Hall–Kier alpha value is -0.610. The zero-order chi connectivity index (χ0) is 11.4. The van der Waals surface area contributed by atoms with Crippen LogP contribution in [0.25, 0.3) is 0 Å². The molecule has 1 amide bonds. The van der Waals surface area contributed by atoms with Crippen LogP contribution < -0.4 is 5.32 Å². The summed E-state index contributed by atoms with van der Waals surface area (Å²) in [5.74, 6) is 0.324. The molecule has 0 aromatic rings. The number of hydrogen-bond acceptors (Lipinski definition) is 3. The highest BCUT2D eigenvalue weighted by atomic mass is 16.5. The van der Waals surface area contributed by atoms with Crippen molar-refractivity contribution < 1.29 is 14.6 Å². The lowest BCUT2D eigenvalue weighted by atomic mass is 9.92. The molecule has 1 aliphatic heterocycles. The molecule has 4 nitrogen and oxygen atoms in total. The van der Waals surface area contributed by atoms with Crippen LogP contribution in [0.4, 0.5) is 0 Å². The molecule has 0 aromatic carbocycles. The Morgan fingerprint density at radius 2 is 1.69 bits per heavy atom. The molecule has 0 aromatic heterocycles. The van der Waals surface area contributed by atoms with Crippen LogP contribution in [0.2, 0.25) is 0 Å². The average molecular weight is 227 g/mol. The van der Waals surface area contributed by atoms with E-state index in [0.717, 1.165) is 38.5 Å². The van der Waals surface area contributed by atoms with Crippen molar-refractivity contribution in [1.29, 1.82) is 0 Å². The fourth-order valence-corrected chi connectivity index (χ4v) is 2.50. The van der Waals surface area contributed by atoms with Crippen LogP contribution in [-0.2, 0) is 9.53 Å². The van der Waals surface area contributed by atoms with Gasteiger partial charge in [-0.15, -0.1) is 0 Å². The average Bonchev–Trinajstić information content (AvgIpc) is 2.33. The maximum absolute atomic E-state index is 11.9. The number of amides is 1. The van der Waals surface area contributed by atoms with Gasteiger partial charge in [-0.2, -0.15) is 0 Å². The largest absolute Gasteiger partial charge is 0.393 e. The summed E-state index contributed by atoms with van der Waals surface area (Å²) in [7, 11) is 0. The summed E-state index contributed by atoms with van der Waals surface area (Å²) in [5.41, 5.74) is 0. The first kappa shape index (κ1) is 11.9. The van der Waals surface area contributed by atoms with Gasteiger partial charge in [-0.25, -0.2) is 0 Å².